The average Bonchev–Trinajstić information content (AvgIpc) is 2.55. The fourth-order valence-electron chi connectivity index (χ4n) is 2.22. The normalized spacial score (nSPS) is 10.4. The van der Waals surface area contributed by atoms with Crippen molar-refractivity contribution in [2.45, 2.75) is 26.7 Å². The summed E-state index contributed by atoms with van der Waals surface area (Å²) >= 11 is 3.42. The first kappa shape index (κ1) is 17.5. The minimum Gasteiger partial charge on any atom is -0.360 e. The van der Waals surface area contributed by atoms with Crippen LogP contribution in [0.15, 0.2) is 41.0 Å². The second-order valence-corrected chi connectivity index (χ2v) is 6.51. The zero-order valence-electron chi connectivity index (χ0n) is 13.8. The van der Waals surface area contributed by atoms with Crippen LogP contribution in [-0.2, 0) is 0 Å². The number of hydrogen-bond acceptors (Lipinski definition) is 3. The van der Waals surface area contributed by atoms with Crippen molar-refractivity contribution in [3.8, 4) is 0 Å². The summed E-state index contributed by atoms with van der Waals surface area (Å²) in [5.74, 6) is 0.737. The number of benzene rings is 1. The minimum absolute atomic E-state index is 0.148. The fraction of sp³-hybridized carbons (Fsp3) is 0.333. The number of rotatable bonds is 6. The number of nitrogens with one attached hydrogen (secondary N) is 1. The molecule has 1 N–H and O–H groups in total. The van der Waals surface area contributed by atoms with Crippen molar-refractivity contribution in [3.05, 3.63) is 52.1 Å². The van der Waals surface area contributed by atoms with Crippen LogP contribution in [0.4, 0.5) is 11.5 Å². The SMILES string of the molecule is CCCCN(C)c1ccc(C(=O)Nc2ccc(Br)cc2C)cn1. The van der Waals surface area contributed by atoms with Crippen molar-refractivity contribution < 1.29 is 4.79 Å². The second kappa shape index (κ2) is 8.11. The van der Waals surface area contributed by atoms with Crippen LogP contribution in [0.2, 0.25) is 0 Å². The summed E-state index contributed by atoms with van der Waals surface area (Å²) in [6.07, 6.45) is 3.90. The van der Waals surface area contributed by atoms with E-state index in [4.69, 9.17) is 0 Å². The lowest BCUT2D eigenvalue weighted by Gasteiger charge is -2.17. The van der Waals surface area contributed by atoms with Crippen molar-refractivity contribution in [2.24, 2.45) is 0 Å². The number of amides is 1. The van der Waals surface area contributed by atoms with Crippen LogP contribution in [-0.4, -0.2) is 24.5 Å². The molecule has 1 heterocycles. The van der Waals surface area contributed by atoms with Gasteiger partial charge in [0.2, 0.25) is 0 Å². The third-order valence-electron chi connectivity index (χ3n) is 3.68. The molecule has 0 aliphatic rings. The van der Waals surface area contributed by atoms with Crippen LogP contribution in [0.25, 0.3) is 0 Å². The molecule has 2 rings (SSSR count). The Bertz CT molecular complexity index is 670. The number of aryl methyl sites for hydroxylation is 1. The molecule has 0 unspecified atom stereocenters. The van der Waals surface area contributed by atoms with Crippen molar-refractivity contribution in [2.75, 3.05) is 23.8 Å². The topological polar surface area (TPSA) is 45.2 Å². The summed E-state index contributed by atoms with van der Waals surface area (Å²) in [6.45, 7) is 5.09. The van der Waals surface area contributed by atoms with Gasteiger partial charge in [-0.25, -0.2) is 4.98 Å². The molecule has 0 saturated carbocycles. The van der Waals surface area contributed by atoms with E-state index in [9.17, 15) is 4.79 Å². The third-order valence-corrected chi connectivity index (χ3v) is 4.18. The van der Waals surface area contributed by atoms with Gasteiger partial charge in [-0.05, 0) is 49.2 Å². The van der Waals surface area contributed by atoms with Crippen LogP contribution in [0.5, 0.6) is 0 Å². The first-order valence-corrected chi connectivity index (χ1v) is 8.55. The Balaban J connectivity index is 2.05. The van der Waals surface area contributed by atoms with E-state index in [2.05, 4.69) is 38.1 Å². The van der Waals surface area contributed by atoms with Crippen molar-refractivity contribution >= 4 is 33.3 Å². The molecule has 0 spiro atoms. The van der Waals surface area contributed by atoms with Gasteiger partial charge in [-0.15, -0.1) is 0 Å². The number of pyridine rings is 1. The molecule has 5 heteroatoms. The summed E-state index contributed by atoms with van der Waals surface area (Å²) in [6, 6.07) is 9.47. The number of unbranched alkanes of at least 4 members (excludes halogenated alkanes) is 1. The molecule has 0 fully saturated rings. The largest absolute Gasteiger partial charge is 0.360 e. The van der Waals surface area contributed by atoms with E-state index in [0.717, 1.165) is 40.9 Å². The van der Waals surface area contributed by atoms with Crippen LogP contribution in [0.1, 0.15) is 35.7 Å². The number of nitrogens with zero attached hydrogens (tertiary/aromatic N) is 2. The second-order valence-electron chi connectivity index (χ2n) is 5.59. The van der Waals surface area contributed by atoms with Gasteiger partial charge in [-0.1, -0.05) is 29.3 Å². The predicted molar refractivity (Wildman–Crippen MR) is 99.2 cm³/mol. The van der Waals surface area contributed by atoms with Gasteiger partial charge in [-0.2, -0.15) is 0 Å². The van der Waals surface area contributed by atoms with Gasteiger partial charge in [0.25, 0.3) is 5.91 Å². The monoisotopic (exact) mass is 375 g/mol. The molecule has 0 aliphatic heterocycles. The van der Waals surface area contributed by atoms with Gasteiger partial charge < -0.3 is 10.2 Å². The third kappa shape index (κ3) is 4.79. The van der Waals surface area contributed by atoms with Crippen LogP contribution in [0.3, 0.4) is 0 Å². The summed E-state index contributed by atoms with van der Waals surface area (Å²) in [5, 5.41) is 2.92. The number of carbonyl (C=O) groups is 1. The highest BCUT2D eigenvalue weighted by Gasteiger charge is 2.09. The Morgan fingerprint density at radius 3 is 2.70 bits per heavy atom. The summed E-state index contributed by atoms with van der Waals surface area (Å²) < 4.78 is 0.995. The van der Waals surface area contributed by atoms with E-state index in [1.165, 1.54) is 0 Å². The van der Waals surface area contributed by atoms with Crippen LogP contribution in [0, 0.1) is 6.92 Å². The molecule has 1 amide bonds. The van der Waals surface area contributed by atoms with Crippen LogP contribution < -0.4 is 10.2 Å². The molecule has 0 bridgehead atoms. The lowest BCUT2D eigenvalue weighted by Crippen LogP contribution is -2.20. The molecule has 0 radical (unpaired) electrons. The molecule has 4 nitrogen and oxygen atoms in total. The number of carbonyl (C=O) groups excluding carboxylic acids is 1. The van der Waals surface area contributed by atoms with Crippen molar-refractivity contribution in [1.82, 2.24) is 4.98 Å². The molecule has 1 aromatic carbocycles. The lowest BCUT2D eigenvalue weighted by molar-refractivity contribution is 0.102. The van der Waals surface area contributed by atoms with E-state index < -0.39 is 0 Å². The molecular weight excluding hydrogens is 354 g/mol. The zero-order chi connectivity index (χ0) is 16.8. The Labute approximate surface area is 146 Å². The summed E-state index contributed by atoms with van der Waals surface area (Å²) in [7, 11) is 2.02. The molecular formula is C18H22BrN3O. The molecule has 122 valence electrons. The highest BCUT2D eigenvalue weighted by molar-refractivity contribution is 9.10. The first-order valence-electron chi connectivity index (χ1n) is 7.76. The fourth-order valence-corrected chi connectivity index (χ4v) is 2.69. The van der Waals surface area contributed by atoms with Crippen LogP contribution >= 0.6 is 15.9 Å². The van der Waals surface area contributed by atoms with E-state index >= 15 is 0 Å². The number of hydrogen-bond donors (Lipinski definition) is 1. The maximum atomic E-state index is 12.3. The Morgan fingerprint density at radius 1 is 1.30 bits per heavy atom. The lowest BCUT2D eigenvalue weighted by atomic mass is 10.2. The van der Waals surface area contributed by atoms with Gasteiger partial charge in [0.05, 0.1) is 5.56 Å². The Hall–Kier alpha value is -1.88. The Kier molecular flexibility index (Phi) is 6.16. The molecule has 0 atom stereocenters. The van der Waals surface area contributed by atoms with Crippen molar-refractivity contribution in [3.63, 3.8) is 0 Å². The number of anilines is 2. The number of aromatic nitrogens is 1. The molecule has 23 heavy (non-hydrogen) atoms. The molecule has 1 aromatic heterocycles. The maximum Gasteiger partial charge on any atom is 0.257 e. The van der Waals surface area contributed by atoms with E-state index in [-0.39, 0.29) is 5.91 Å². The predicted octanol–water partition coefficient (Wildman–Crippen LogP) is 4.64. The van der Waals surface area contributed by atoms with E-state index in [1.807, 2.05) is 44.3 Å². The Morgan fingerprint density at radius 2 is 2.09 bits per heavy atom. The number of halogens is 1. The average molecular weight is 376 g/mol. The molecule has 0 saturated heterocycles. The molecule has 0 aliphatic carbocycles. The van der Waals surface area contributed by atoms with Gasteiger partial charge in [0.1, 0.15) is 5.82 Å². The highest BCUT2D eigenvalue weighted by Crippen LogP contribution is 2.21. The summed E-state index contributed by atoms with van der Waals surface area (Å²) in [4.78, 5) is 18.8. The molecule has 2 aromatic rings. The van der Waals surface area contributed by atoms with Crippen molar-refractivity contribution in [1.29, 1.82) is 0 Å². The quantitative estimate of drug-likeness (QED) is 0.799. The van der Waals surface area contributed by atoms with Gasteiger partial charge in [-0.3, -0.25) is 4.79 Å². The van der Waals surface area contributed by atoms with Gasteiger partial charge in [0.15, 0.2) is 0 Å². The minimum atomic E-state index is -0.148. The first-order chi connectivity index (χ1) is 11.0. The van der Waals surface area contributed by atoms with E-state index in [1.54, 1.807) is 6.20 Å². The standard InChI is InChI=1S/C18H22BrN3O/c1-4-5-10-22(3)17-9-6-14(12-20-17)18(23)21-16-8-7-15(19)11-13(16)2/h6-9,11-12H,4-5,10H2,1-3H3,(H,21,23). The maximum absolute atomic E-state index is 12.3. The smallest absolute Gasteiger partial charge is 0.257 e. The van der Waals surface area contributed by atoms with Gasteiger partial charge in [0, 0.05) is 29.9 Å². The highest BCUT2D eigenvalue weighted by atomic mass is 79.9. The van der Waals surface area contributed by atoms with E-state index in [0.29, 0.717) is 5.56 Å². The van der Waals surface area contributed by atoms with Gasteiger partial charge >= 0.3 is 0 Å². The zero-order valence-corrected chi connectivity index (χ0v) is 15.4. The summed E-state index contributed by atoms with van der Waals surface area (Å²) in [5.41, 5.74) is 2.37.